The van der Waals surface area contributed by atoms with E-state index in [0.717, 1.165) is 50.1 Å². The number of amides is 1. The van der Waals surface area contributed by atoms with Crippen molar-refractivity contribution < 1.29 is 4.79 Å². The van der Waals surface area contributed by atoms with Gasteiger partial charge in [-0.1, -0.05) is 30.2 Å². The first-order valence-corrected chi connectivity index (χ1v) is 9.32. The molecule has 2 bridgehead atoms. The summed E-state index contributed by atoms with van der Waals surface area (Å²) >= 11 is 6.06. The molecular weight excluding hydrogens is 308 g/mol. The van der Waals surface area contributed by atoms with Gasteiger partial charge in [0, 0.05) is 43.7 Å². The zero-order valence-corrected chi connectivity index (χ0v) is 14.3. The fraction of sp³-hybridized carbons (Fsp3) is 0.632. The number of rotatable bonds is 3. The van der Waals surface area contributed by atoms with Crippen molar-refractivity contribution in [3.63, 3.8) is 0 Å². The van der Waals surface area contributed by atoms with Gasteiger partial charge in [0.25, 0.3) is 0 Å². The van der Waals surface area contributed by atoms with Gasteiger partial charge in [-0.15, -0.1) is 0 Å². The van der Waals surface area contributed by atoms with Crippen LogP contribution < -0.4 is 0 Å². The van der Waals surface area contributed by atoms with Crippen molar-refractivity contribution >= 4 is 17.5 Å². The number of halogens is 1. The van der Waals surface area contributed by atoms with Gasteiger partial charge in [0.1, 0.15) is 0 Å². The molecule has 1 heterocycles. The number of fused-ring (bicyclic) bond motifs is 2. The number of nitrogens with zero attached hydrogens (tertiary/aromatic N) is 2. The molecule has 23 heavy (non-hydrogen) atoms. The van der Waals surface area contributed by atoms with E-state index in [1.54, 1.807) is 0 Å². The Hall–Kier alpha value is -1.06. The number of hydrogen-bond donors (Lipinski definition) is 0. The first kappa shape index (κ1) is 15.5. The van der Waals surface area contributed by atoms with E-state index < -0.39 is 0 Å². The molecular formula is C19H25ClN2O. The van der Waals surface area contributed by atoms with Gasteiger partial charge in [0.2, 0.25) is 5.91 Å². The third kappa shape index (κ3) is 3.27. The molecule has 0 aromatic heterocycles. The first-order valence-electron chi connectivity index (χ1n) is 8.94. The molecule has 124 valence electrons. The van der Waals surface area contributed by atoms with Crippen molar-refractivity contribution in [1.82, 2.24) is 9.80 Å². The van der Waals surface area contributed by atoms with Gasteiger partial charge in [-0.3, -0.25) is 9.69 Å². The van der Waals surface area contributed by atoms with Crippen LogP contribution in [0.5, 0.6) is 0 Å². The Kier molecular flexibility index (Phi) is 4.33. The Morgan fingerprint density at radius 2 is 1.96 bits per heavy atom. The molecule has 2 aliphatic carbocycles. The number of piperazine rings is 1. The lowest BCUT2D eigenvalue weighted by atomic mass is 9.87. The second-order valence-corrected chi connectivity index (χ2v) is 7.95. The zero-order chi connectivity index (χ0) is 15.8. The summed E-state index contributed by atoms with van der Waals surface area (Å²) in [5.74, 6) is 2.32. The highest BCUT2D eigenvalue weighted by atomic mass is 35.5. The van der Waals surface area contributed by atoms with Crippen molar-refractivity contribution in [1.29, 1.82) is 0 Å². The van der Waals surface area contributed by atoms with E-state index in [0.29, 0.717) is 17.7 Å². The predicted octanol–water partition coefficient (Wildman–Crippen LogP) is 3.42. The summed E-state index contributed by atoms with van der Waals surface area (Å²) < 4.78 is 0. The molecule has 3 atom stereocenters. The predicted molar refractivity (Wildman–Crippen MR) is 92.2 cm³/mol. The molecule has 4 heteroatoms. The highest BCUT2D eigenvalue weighted by molar-refractivity contribution is 6.30. The van der Waals surface area contributed by atoms with Crippen molar-refractivity contribution in [2.45, 2.75) is 32.2 Å². The van der Waals surface area contributed by atoms with E-state index in [2.05, 4.69) is 15.9 Å². The Labute approximate surface area is 143 Å². The second-order valence-electron chi connectivity index (χ2n) is 7.51. The highest BCUT2D eigenvalue weighted by Gasteiger charge is 2.44. The summed E-state index contributed by atoms with van der Waals surface area (Å²) in [7, 11) is 0. The fourth-order valence-corrected chi connectivity index (χ4v) is 5.01. The summed E-state index contributed by atoms with van der Waals surface area (Å²) in [4.78, 5) is 17.3. The minimum Gasteiger partial charge on any atom is -0.340 e. The van der Waals surface area contributed by atoms with Crippen LogP contribution >= 0.6 is 11.6 Å². The van der Waals surface area contributed by atoms with Crippen molar-refractivity contribution in [3.8, 4) is 0 Å². The van der Waals surface area contributed by atoms with Crippen LogP contribution in [0.2, 0.25) is 5.02 Å². The van der Waals surface area contributed by atoms with Gasteiger partial charge >= 0.3 is 0 Å². The minimum absolute atomic E-state index is 0.341. The van der Waals surface area contributed by atoms with Gasteiger partial charge in [-0.2, -0.15) is 0 Å². The van der Waals surface area contributed by atoms with Crippen molar-refractivity contribution in [2.24, 2.45) is 17.8 Å². The number of carbonyl (C=O) groups excluding carboxylic acids is 1. The van der Waals surface area contributed by atoms with E-state index in [9.17, 15) is 4.79 Å². The van der Waals surface area contributed by atoms with Crippen LogP contribution in [0, 0.1) is 17.8 Å². The quantitative estimate of drug-likeness (QED) is 0.846. The standard InChI is InChI=1S/C19H25ClN2O/c20-17-3-1-2-15(11-17)13-21-6-8-22(9-7-21)19(23)18-12-14-4-5-16(18)10-14/h1-3,11,14,16,18H,4-10,12-13H2. The number of benzene rings is 1. The summed E-state index contributed by atoms with van der Waals surface area (Å²) in [6, 6.07) is 8.08. The molecule has 3 unspecified atom stereocenters. The van der Waals surface area contributed by atoms with Crippen LogP contribution in [-0.2, 0) is 11.3 Å². The van der Waals surface area contributed by atoms with Gasteiger partial charge in [-0.25, -0.2) is 0 Å². The van der Waals surface area contributed by atoms with Crippen LogP contribution in [0.15, 0.2) is 24.3 Å². The molecule has 0 radical (unpaired) electrons. The molecule has 4 rings (SSSR count). The summed E-state index contributed by atoms with van der Waals surface area (Å²) in [5, 5.41) is 0.799. The van der Waals surface area contributed by atoms with E-state index in [-0.39, 0.29) is 0 Å². The lowest BCUT2D eigenvalue weighted by molar-refractivity contribution is -0.139. The van der Waals surface area contributed by atoms with Crippen LogP contribution in [-0.4, -0.2) is 41.9 Å². The highest BCUT2D eigenvalue weighted by Crippen LogP contribution is 2.48. The van der Waals surface area contributed by atoms with Gasteiger partial charge in [0.15, 0.2) is 0 Å². The van der Waals surface area contributed by atoms with E-state index >= 15 is 0 Å². The molecule has 1 aromatic rings. The summed E-state index contributed by atoms with van der Waals surface area (Å²) in [6.07, 6.45) is 5.12. The topological polar surface area (TPSA) is 23.6 Å². The van der Waals surface area contributed by atoms with Crippen molar-refractivity contribution in [3.05, 3.63) is 34.9 Å². The van der Waals surface area contributed by atoms with Gasteiger partial charge in [0.05, 0.1) is 0 Å². The van der Waals surface area contributed by atoms with Crippen LogP contribution in [0.1, 0.15) is 31.2 Å². The first-order chi connectivity index (χ1) is 11.2. The van der Waals surface area contributed by atoms with Crippen LogP contribution in [0.3, 0.4) is 0 Å². The monoisotopic (exact) mass is 332 g/mol. The van der Waals surface area contributed by atoms with Gasteiger partial charge in [-0.05, 0) is 48.8 Å². The normalized spacial score (nSPS) is 30.8. The summed E-state index contributed by atoms with van der Waals surface area (Å²) in [5.41, 5.74) is 1.25. The van der Waals surface area contributed by atoms with Gasteiger partial charge < -0.3 is 4.90 Å². The Balaban J connectivity index is 1.30. The molecule has 2 saturated carbocycles. The lowest BCUT2D eigenvalue weighted by Gasteiger charge is -2.37. The Morgan fingerprint density at radius 3 is 2.61 bits per heavy atom. The Bertz CT molecular complexity index is 582. The van der Waals surface area contributed by atoms with E-state index in [4.69, 9.17) is 11.6 Å². The zero-order valence-electron chi connectivity index (χ0n) is 13.6. The molecule has 3 aliphatic rings. The molecule has 3 fully saturated rings. The summed E-state index contributed by atoms with van der Waals surface area (Å²) in [6.45, 7) is 4.63. The average molecular weight is 333 g/mol. The molecule has 3 nitrogen and oxygen atoms in total. The van der Waals surface area contributed by atoms with E-state index in [1.165, 1.54) is 24.8 Å². The fourth-order valence-electron chi connectivity index (χ4n) is 4.80. The smallest absolute Gasteiger partial charge is 0.226 e. The molecule has 0 N–H and O–H groups in total. The molecule has 0 spiro atoms. The maximum Gasteiger partial charge on any atom is 0.226 e. The maximum atomic E-state index is 12.8. The molecule has 1 aromatic carbocycles. The average Bonchev–Trinajstić information content (AvgIpc) is 3.18. The Morgan fingerprint density at radius 1 is 1.13 bits per heavy atom. The third-order valence-corrected chi connectivity index (χ3v) is 6.27. The van der Waals surface area contributed by atoms with Crippen LogP contribution in [0.4, 0.5) is 0 Å². The molecule has 1 amide bonds. The largest absolute Gasteiger partial charge is 0.340 e. The van der Waals surface area contributed by atoms with E-state index in [1.807, 2.05) is 18.2 Å². The minimum atomic E-state index is 0.341. The molecule has 1 saturated heterocycles. The van der Waals surface area contributed by atoms with Crippen molar-refractivity contribution in [2.75, 3.05) is 26.2 Å². The molecule has 1 aliphatic heterocycles. The maximum absolute atomic E-state index is 12.8. The second kappa shape index (κ2) is 6.45. The lowest BCUT2D eigenvalue weighted by Crippen LogP contribution is -2.50. The van der Waals surface area contributed by atoms with Crippen LogP contribution in [0.25, 0.3) is 0 Å². The SMILES string of the molecule is O=C(C1CC2CCC1C2)N1CCN(Cc2cccc(Cl)c2)CC1. The number of hydrogen-bond acceptors (Lipinski definition) is 2. The third-order valence-electron chi connectivity index (χ3n) is 6.03. The number of carbonyl (C=O) groups is 1.